The third-order valence-electron chi connectivity index (χ3n) is 2.36. The van der Waals surface area contributed by atoms with E-state index in [0.29, 0.717) is 21.9 Å². The molecule has 0 saturated heterocycles. The first-order valence-electron chi connectivity index (χ1n) is 5.65. The van der Waals surface area contributed by atoms with Crippen molar-refractivity contribution in [2.45, 2.75) is 18.9 Å². The summed E-state index contributed by atoms with van der Waals surface area (Å²) in [6.07, 6.45) is 3.30. The van der Waals surface area contributed by atoms with Crippen molar-refractivity contribution in [3.63, 3.8) is 0 Å². The minimum absolute atomic E-state index is 0.292. The van der Waals surface area contributed by atoms with Crippen molar-refractivity contribution in [2.75, 3.05) is 0 Å². The van der Waals surface area contributed by atoms with Gasteiger partial charge in [-0.1, -0.05) is 6.92 Å². The van der Waals surface area contributed by atoms with Crippen LogP contribution in [0.25, 0.3) is 10.6 Å². The minimum atomic E-state index is -5.72. The highest BCUT2D eigenvalue weighted by Gasteiger charge is 2.49. The number of aromatic nitrogens is 2. The molecule has 0 aliphatic carbocycles. The van der Waals surface area contributed by atoms with Gasteiger partial charge in [0.2, 0.25) is 5.88 Å². The van der Waals surface area contributed by atoms with Gasteiger partial charge in [0.05, 0.1) is 4.88 Å². The number of hydrogen-bond donors (Lipinski definition) is 0. The summed E-state index contributed by atoms with van der Waals surface area (Å²) in [5.74, 6) is -0.543. The first-order valence-corrected chi connectivity index (χ1v) is 7.88. The zero-order valence-electron chi connectivity index (χ0n) is 10.6. The van der Waals surface area contributed by atoms with Gasteiger partial charge in [0.15, 0.2) is 0 Å². The van der Waals surface area contributed by atoms with E-state index >= 15 is 0 Å². The standard InChI is InChI=1S/C11H9F3N2O3S2/c1-2-8-9(19-21(17,18)11(12,13)14)16-10(20-8)7-4-3-5-15-6-7/h3-6H,2H2,1H3. The molecule has 0 atom stereocenters. The second-order valence-corrected chi connectivity index (χ2v) is 6.45. The Bertz CT molecular complexity index is 727. The summed E-state index contributed by atoms with van der Waals surface area (Å²) in [6, 6.07) is 3.29. The number of rotatable bonds is 4. The monoisotopic (exact) mass is 338 g/mol. The molecule has 0 aliphatic heterocycles. The lowest BCUT2D eigenvalue weighted by molar-refractivity contribution is -0.0501. The third-order valence-corrected chi connectivity index (χ3v) is 4.54. The maximum Gasteiger partial charge on any atom is 0.534 e. The Hall–Kier alpha value is -1.68. The largest absolute Gasteiger partial charge is 0.534 e. The number of hydrogen-bond acceptors (Lipinski definition) is 6. The number of pyridine rings is 1. The van der Waals surface area contributed by atoms with Crippen molar-refractivity contribution in [3.8, 4) is 16.5 Å². The van der Waals surface area contributed by atoms with Crippen LogP contribution in [0.15, 0.2) is 24.5 Å². The van der Waals surface area contributed by atoms with Gasteiger partial charge in [0.25, 0.3) is 0 Å². The average Bonchev–Trinajstić information content (AvgIpc) is 2.81. The third kappa shape index (κ3) is 3.32. The molecule has 0 amide bonds. The molecule has 0 spiro atoms. The summed E-state index contributed by atoms with van der Waals surface area (Å²) < 4.78 is 63.2. The molecule has 2 heterocycles. The SMILES string of the molecule is CCc1sc(-c2cccnc2)nc1OS(=O)(=O)C(F)(F)F. The van der Waals surface area contributed by atoms with Crippen LogP contribution < -0.4 is 4.18 Å². The van der Waals surface area contributed by atoms with E-state index in [2.05, 4.69) is 14.2 Å². The summed E-state index contributed by atoms with van der Waals surface area (Å²) in [7, 11) is -5.72. The first kappa shape index (κ1) is 15.7. The molecule has 0 N–H and O–H groups in total. The summed E-state index contributed by atoms with van der Waals surface area (Å²) in [4.78, 5) is 8.00. The zero-order valence-corrected chi connectivity index (χ0v) is 12.2. The predicted molar refractivity (Wildman–Crippen MR) is 70.3 cm³/mol. The molecule has 0 saturated carbocycles. The van der Waals surface area contributed by atoms with Gasteiger partial charge in [-0.3, -0.25) is 4.98 Å². The lowest BCUT2D eigenvalue weighted by Crippen LogP contribution is -2.28. The Kier molecular flexibility index (Phi) is 4.19. The molecule has 0 fully saturated rings. The van der Waals surface area contributed by atoms with Crippen molar-refractivity contribution in [3.05, 3.63) is 29.4 Å². The minimum Gasteiger partial charge on any atom is -0.354 e. The van der Waals surface area contributed by atoms with Crippen LogP contribution in [0.5, 0.6) is 5.88 Å². The van der Waals surface area contributed by atoms with Gasteiger partial charge in [-0.15, -0.1) is 11.3 Å². The van der Waals surface area contributed by atoms with E-state index in [1.54, 1.807) is 19.1 Å². The van der Waals surface area contributed by atoms with Crippen LogP contribution in [-0.4, -0.2) is 23.9 Å². The fraction of sp³-hybridized carbons (Fsp3) is 0.273. The van der Waals surface area contributed by atoms with Gasteiger partial charge >= 0.3 is 15.6 Å². The van der Waals surface area contributed by atoms with Crippen molar-refractivity contribution in [2.24, 2.45) is 0 Å². The van der Waals surface area contributed by atoms with Gasteiger partial charge in [-0.25, -0.2) is 4.98 Å². The van der Waals surface area contributed by atoms with E-state index in [-0.39, 0.29) is 0 Å². The summed E-state index contributed by atoms with van der Waals surface area (Å²) >= 11 is 1.06. The molecule has 10 heteroatoms. The average molecular weight is 338 g/mol. The molecular formula is C11H9F3N2O3S2. The molecule has 2 aromatic heterocycles. The lowest BCUT2D eigenvalue weighted by atomic mass is 10.3. The Morgan fingerprint density at radius 2 is 2.10 bits per heavy atom. The second-order valence-electron chi connectivity index (χ2n) is 3.83. The highest BCUT2D eigenvalue weighted by Crippen LogP contribution is 2.35. The van der Waals surface area contributed by atoms with Gasteiger partial charge in [0, 0.05) is 18.0 Å². The first-order chi connectivity index (χ1) is 9.74. The Balaban J connectivity index is 2.40. The van der Waals surface area contributed by atoms with Crippen LogP contribution in [-0.2, 0) is 16.5 Å². The maximum atomic E-state index is 12.3. The second kappa shape index (κ2) is 5.60. The molecule has 2 rings (SSSR count). The van der Waals surface area contributed by atoms with E-state index < -0.39 is 21.5 Å². The quantitative estimate of drug-likeness (QED) is 0.633. The fourth-order valence-electron chi connectivity index (χ4n) is 1.39. The smallest absolute Gasteiger partial charge is 0.354 e. The van der Waals surface area contributed by atoms with E-state index in [1.165, 1.54) is 12.4 Å². The van der Waals surface area contributed by atoms with E-state index in [0.717, 1.165) is 11.3 Å². The zero-order chi connectivity index (χ0) is 15.7. The highest BCUT2D eigenvalue weighted by atomic mass is 32.2. The number of aryl methyl sites for hydroxylation is 1. The van der Waals surface area contributed by atoms with Crippen molar-refractivity contribution in [1.82, 2.24) is 9.97 Å². The van der Waals surface area contributed by atoms with Crippen molar-refractivity contribution < 1.29 is 25.8 Å². The summed E-state index contributed by atoms with van der Waals surface area (Å²) in [5.41, 5.74) is -4.92. The number of halogens is 3. The van der Waals surface area contributed by atoms with Crippen LogP contribution in [0, 0.1) is 0 Å². The van der Waals surface area contributed by atoms with Crippen LogP contribution in [0.1, 0.15) is 11.8 Å². The Labute approximate surface area is 122 Å². The summed E-state index contributed by atoms with van der Waals surface area (Å²) in [6.45, 7) is 1.66. The lowest BCUT2D eigenvalue weighted by Gasteiger charge is -2.07. The predicted octanol–water partition coefficient (Wildman–Crippen LogP) is 3.00. The Morgan fingerprint density at radius 1 is 1.38 bits per heavy atom. The van der Waals surface area contributed by atoms with Crippen LogP contribution in [0.4, 0.5) is 13.2 Å². The number of thiazole rings is 1. The number of alkyl halides is 3. The molecule has 21 heavy (non-hydrogen) atoms. The molecule has 0 unspecified atom stereocenters. The van der Waals surface area contributed by atoms with Gasteiger partial charge in [-0.2, -0.15) is 21.6 Å². The van der Waals surface area contributed by atoms with E-state index in [9.17, 15) is 21.6 Å². The van der Waals surface area contributed by atoms with Gasteiger partial charge in [0.1, 0.15) is 5.01 Å². The topological polar surface area (TPSA) is 69.2 Å². The van der Waals surface area contributed by atoms with E-state index in [4.69, 9.17) is 0 Å². The van der Waals surface area contributed by atoms with Crippen LogP contribution >= 0.6 is 11.3 Å². The molecule has 0 radical (unpaired) electrons. The maximum absolute atomic E-state index is 12.3. The molecular weight excluding hydrogens is 329 g/mol. The molecule has 2 aromatic rings. The van der Waals surface area contributed by atoms with Crippen LogP contribution in [0.2, 0.25) is 0 Å². The molecule has 5 nitrogen and oxygen atoms in total. The Morgan fingerprint density at radius 3 is 2.62 bits per heavy atom. The highest BCUT2D eigenvalue weighted by molar-refractivity contribution is 7.88. The van der Waals surface area contributed by atoms with Gasteiger partial charge in [-0.05, 0) is 18.6 Å². The molecule has 0 bridgehead atoms. The normalized spacial score (nSPS) is 12.4. The van der Waals surface area contributed by atoms with E-state index in [1.807, 2.05) is 0 Å². The molecule has 114 valence electrons. The summed E-state index contributed by atoms with van der Waals surface area (Å²) in [5, 5.41) is 0.340. The van der Waals surface area contributed by atoms with Crippen molar-refractivity contribution in [1.29, 1.82) is 0 Å². The fourth-order valence-corrected chi connectivity index (χ4v) is 2.80. The molecule has 0 aromatic carbocycles. The molecule has 0 aliphatic rings. The van der Waals surface area contributed by atoms with Gasteiger partial charge < -0.3 is 4.18 Å². The van der Waals surface area contributed by atoms with Crippen LogP contribution in [0.3, 0.4) is 0 Å². The van der Waals surface area contributed by atoms with Crippen molar-refractivity contribution >= 4 is 21.5 Å². The number of nitrogens with zero attached hydrogens (tertiary/aromatic N) is 2.